The van der Waals surface area contributed by atoms with E-state index in [0.29, 0.717) is 23.4 Å². The van der Waals surface area contributed by atoms with Crippen LogP contribution < -0.4 is 10.3 Å². The molecule has 0 atom stereocenters. The number of nitrogens with zero attached hydrogens (tertiary/aromatic N) is 4. The first-order valence-corrected chi connectivity index (χ1v) is 9.89. The molecule has 4 rings (SSSR count). The summed E-state index contributed by atoms with van der Waals surface area (Å²) >= 11 is 0. The molecule has 1 saturated carbocycles. The molecule has 1 aliphatic rings. The van der Waals surface area contributed by atoms with Crippen molar-refractivity contribution < 1.29 is 9.13 Å². The summed E-state index contributed by atoms with van der Waals surface area (Å²) in [6.07, 6.45) is 7.02. The van der Waals surface area contributed by atoms with E-state index in [1.54, 1.807) is 17.6 Å². The Kier molecular flexibility index (Phi) is 4.91. The second-order valence-corrected chi connectivity index (χ2v) is 7.42. The van der Waals surface area contributed by atoms with Gasteiger partial charge in [-0.05, 0) is 45.6 Å². The Morgan fingerprint density at radius 3 is 2.68 bits per heavy atom. The Bertz CT molecular complexity index is 1080. The quantitative estimate of drug-likeness (QED) is 0.683. The molecule has 3 aromatic rings. The molecule has 28 heavy (non-hydrogen) atoms. The lowest BCUT2D eigenvalue weighted by atomic mass is 9.98. The fourth-order valence-corrected chi connectivity index (χ4v) is 4.08. The molecule has 1 aliphatic carbocycles. The van der Waals surface area contributed by atoms with Crippen LogP contribution in [0.1, 0.15) is 44.9 Å². The topological polar surface area (TPSA) is 61.9 Å². The number of fused-ring (bicyclic) bond motifs is 1. The number of rotatable bonds is 4. The fraction of sp³-hybridized carbons (Fsp3) is 0.476. The van der Waals surface area contributed by atoms with Crippen LogP contribution in [0.2, 0.25) is 0 Å². The van der Waals surface area contributed by atoms with Crippen molar-refractivity contribution in [1.29, 1.82) is 0 Å². The smallest absolute Gasteiger partial charge is 0.254 e. The van der Waals surface area contributed by atoms with Gasteiger partial charge in [0.05, 0.1) is 11.0 Å². The largest absolute Gasteiger partial charge is 0.472 e. The van der Waals surface area contributed by atoms with Gasteiger partial charge >= 0.3 is 0 Å². The van der Waals surface area contributed by atoms with Gasteiger partial charge < -0.3 is 13.9 Å². The van der Waals surface area contributed by atoms with Crippen LogP contribution in [0, 0.1) is 12.7 Å². The van der Waals surface area contributed by atoms with Crippen LogP contribution in [0.5, 0.6) is 5.88 Å². The summed E-state index contributed by atoms with van der Waals surface area (Å²) in [5, 5.41) is 0. The van der Waals surface area contributed by atoms with E-state index in [1.165, 1.54) is 12.5 Å². The molecular weight excluding hydrogens is 359 g/mol. The van der Waals surface area contributed by atoms with Crippen LogP contribution in [0.25, 0.3) is 22.3 Å². The normalized spacial score (nSPS) is 15.3. The molecule has 1 fully saturated rings. The molecule has 148 valence electrons. The number of aromatic nitrogens is 4. The summed E-state index contributed by atoms with van der Waals surface area (Å²) in [5.74, 6) is -0.115. The molecule has 0 spiro atoms. The minimum Gasteiger partial charge on any atom is -0.472 e. The zero-order valence-corrected chi connectivity index (χ0v) is 16.5. The fourth-order valence-electron chi connectivity index (χ4n) is 4.08. The molecule has 0 aliphatic heterocycles. The lowest BCUT2D eigenvalue weighted by molar-refractivity contribution is 0.141. The maximum absolute atomic E-state index is 15.4. The standard InChI is InChI=1S/C21H25FN4O2/c1-4-26-17(27)11-10-16-20(26)15(12-25(16)3)19-18(22)21(24-13(2)23-19)28-14-8-6-5-7-9-14/h10-12,14H,4-9H2,1-3H3. The summed E-state index contributed by atoms with van der Waals surface area (Å²) in [6.45, 7) is 4.12. The van der Waals surface area contributed by atoms with Gasteiger partial charge in [0, 0.05) is 31.4 Å². The van der Waals surface area contributed by atoms with Gasteiger partial charge in [0.25, 0.3) is 11.4 Å². The van der Waals surface area contributed by atoms with Crippen molar-refractivity contribution in [3.8, 4) is 17.1 Å². The number of aryl methyl sites for hydroxylation is 3. The van der Waals surface area contributed by atoms with Gasteiger partial charge in [-0.2, -0.15) is 9.37 Å². The summed E-state index contributed by atoms with van der Waals surface area (Å²) < 4.78 is 24.9. The van der Waals surface area contributed by atoms with Gasteiger partial charge in [-0.3, -0.25) is 4.79 Å². The maximum Gasteiger partial charge on any atom is 0.254 e. The van der Waals surface area contributed by atoms with Crippen molar-refractivity contribution in [2.24, 2.45) is 7.05 Å². The molecule has 0 unspecified atom stereocenters. The van der Waals surface area contributed by atoms with E-state index < -0.39 is 5.82 Å². The predicted octanol–water partition coefficient (Wildman–Crippen LogP) is 3.98. The number of ether oxygens (including phenoxy) is 1. The van der Waals surface area contributed by atoms with Gasteiger partial charge in [0.2, 0.25) is 5.82 Å². The van der Waals surface area contributed by atoms with Crippen LogP contribution >= 0.6 is 0 Å². The molecule has 3 aromatic heterocycles. The average molecular weight is 384 g/mol. The van der Waals surface area contributed by atoms with Crippen LogP contribution in [0.4, 0.5) is 4.39 Å². The van der Waals surface area contributed by atoms with Crippen LogP contribution in [0.3, 0.4) is 0 Å². The third kappa shape index (κ3) is 3.19. The predicted molar refractivity (Wildman–Crippen MR) is 106 cm³/mol. The highest BCUT2D eigenvalue weighted by molar-refractivity contribution is 5.92. The second-order valence-electron chi connectivity index (χ2n) is 7.42. The SMILES string of the molecule is CCn1c(=O)ccc2c1c(-c1nc(C)nc(OC3CCCCC3)c1F)cn2C. The Morgan fingerprint density at radius 2 is 1.96 bits per heavy atom. The van der Waals surface area contributed by atoms with Crippen molar-refractivity contribution in [2.75, 3.05) is 0 Å². The molecule has 3 heterocycles. The summed E-state index contributed by atoms with van der Waals surface area (Å²) in [7, 11) is 1.88. The third-order valence-corrected chi connectivity index (χ3v) is 5.45. The highest BCUT2D eigenvalue weighted by Gasteiger charge is 2.24. The van der Waals surface area contributed by atoms with E-state index in [2.05, 4.69) is 9.97 Å². The van der Waals surface area contributed by atoms with E-state index in [9.17, 15) is 4.79 Å². The van der Waals surface area contributed by atoms with E-state index in [4.69, 9.17) is 4.74 Å². The minimum atomic E-state index is -0.567. The molecule has 6 nitrogen and oxygen atoms in total. The van der Waals surface area contributed by atoms with Gasteiger partial charge in [-0.1, -0.05) is 6.42 Å². The number of hydrogen-bond acceptors (Lipinski definition) is 4. The van der Waals surface area contributed by atoms with Crippen molar-refractivity contribution in [1.82, 2.24) is 19.1 Å². The summed E-state index contributed by atoms with van der Waals surface area (Å²) in [4.78, 5) is 20.9. The average Bonchev–Trinajstić information content (AvgIpc) is 3.01. The van der Waals surface area contributed by atoms with Gasteiger partial charge in [-0.25, -0.2) is 4.98 Å². The Hall–Kier alpha value is -2.70. The molecule has 0 saturated heterocycles. The number of halogens is 1. The van der Waals surface area contributed by atoms with Gasteiger partial charge in [0.15, 0.2) is 0 Å². The van der Waals surface area contributed by atoms with Crippen molar-refractivity contribution in [3.63, 3.8) is 0 Å². The third-order valence-electron chi connectivity index (χ3n) is 5.45. The first-order valence-electron chi connectivity index (χ1n) is 9.89. The lowest BCUT2D eigenvalue weighted by Gasteiger charge is -2.23. The van der Waals surface area contributed by atoms with Gasteiger partial charge in [0.1, 0.15) is 17.6 Å². The van der Waals surface area contributed by atoms with Gasteiger partial charge in [-0.15, -0.1) is 0 Å². The van der Waals surface area contributed by atoms with Crippen molar-refractivity contribution >= 4 is 11.0 Å². The first kappa shape index (κ1) is 18.7. The zero-order valence-electron chi connectivity index (χ0n) is 16.5. The molecular formula is C21H25FN4O2. The second kappa shape index (κ2) is 7.37. The zero-order chi connectivity index (χ0) is 19.8. The highest BCUT2D eigenvalue weighted by atomic mass is 19.1. The van der Waals surface area contributed by atoms with Crippen molar-refractivity contribution in [3.05, 3.63) is 40.3 Å². The number of pyridine rings is 1. The highest BCUT2D eigenvalue weighted by Crippen LogP contribution is 2.34. The number of hydrogen-bond donors (Lipinski definition) is 0. The van der Waals surface area contributed by atoms with Crippen molar-refractivity contribution in [2.45, 2.75) is 58.6 Å². The minimum absolute atomic E-state index is 0.00716. The van der Waals surface area contributed by atoms with Crippen LogP contribution in [-0.2, 0) is 13.6 Å². The Morgan fingerprint density at radius 1 is 1.21 bits per heavy atom. The lowest BCUT2D eigenvalue weighted by Crippen LogP contribution is -2.21. The maximum atomic E-state index is 15.4. The molecule has 0 bridgehead atoms. The Labute approximate surface area is 163 Å². The molecule has 0 amide bonds. The van der Waals surface area contributed by atoms with Crippen LogP contribution in [-0.4, -0.2) is 25.2 Å². The molecule has 0 aromatic carbocycles. The summed E-state index contributed by atoms with van der Waals surface area (Å²) in [5.41, 5.74) is 2.16. The van der Waals surface area contributed by atoms with E-state index in [1.807, 2.05) is 24.7 Å². The molecule has 0 N–H and O–H groups in total. The van der Waals surface area contributed by atoms with E-state index >= 15 is 4.39 Å². The molecule has 0 radical (unpaired) electrons. The van der Waals surface area contributed by atoms with E-state index in [-0.39, 0.29) is 23.2 Å². The van der Waals surface area contributed by atoms with Crippen LogP contribution in [0.15, 0.2) is 23.1 Å². The summed E-state index contributed by atoms with van der Waals surface area (Å²) in [6, 6.07) is 3.30. The van der Waals surface area contributed by atoms with E-state index in [0.717, 1.165) is 31.2 Å². The monoisotopic (exact) mass is 384 g/mol. The Balaban J connectivity index is 1.88. The first-order chi connectivity index (χ1) is 13.5. The molecule has 7 heteroatoms.